The number of hydrogen-bond acceptors (Lipinski definition) is 4. The van der Waals surface area contributed by atoms with E-state index in [0.717, 1.165) is 11.8 Å². The van der Waals surface area contributed by atoms with Crippen molar-refractivity contribution in [2.24, 2.45) is 7.05 Å². The molecule has 2 aliphatic rings. The zero-order valence-electron chi connectivity index (χ0n) is 14.5. The van der Waals surface area contributed by atoms with Crippen LogP contribution in [0.4, 0.5) is 4.39 Å². The second kappa shape index (κ2) is 6.19. The predicted octanol–water partition coefficient (Wildman–Crippen LogP) is 1.23. The SMILES string of the molecule is Cn1cc([C@H]2CC(=O)NC23CCN(C(=O)c2ccncc2F)CC3)cn1. The maximum absolute atomic E-state index is 13.9. The highest BCUT2D eigenvalue weighted by molar-refractivity contribution is 5.94. The Morgan fingerprint density at radius 2 is 2.12 bits per heavy atom. The molecule has 2 fully saturated rings. The zero-order chi connectivity index (χ0) is 18.3. The number of nitrogens with one attached hydrogen (secondary N) is 1. The van der Waals surface area contributed by atoms with E-state index in [2.05, 4.69) is 15.4 Å². The highest BCUT2D eigenvalue weighted by Gasteiger charge is 2.49. The number of nitrogens with zero attached hydrogens (tertiary/aromatic N) is 4. The van der Waals surface area contributed by atoms with Crippen LogP contribution in [0.2, 0.25) is 0 Å². The number of aromatic nitrogens is 3. The molecule has 2 saturated heterocycles. The molecule has 136 valence electrons. The molecule has 0 saturated carbocycles. The molecule has 2 aromatic heterocycles. The molecule has 26 heavy (non-hydrogen) atoms. The van der Waals surface area contributed by atoms with Crippen molar-refractivity contribution in [1.82, 2.24) is 25.0 Å². The predicted molar refractivity (Wildman–Crippen MR) is 90.8 cm³/mol. The second-order valence-electron chi connectivity index (χ2n) is 7.06. The Hall–Kier alpha value is -2.77. The van der Waals surface area contributed by atoms with E-state index >= 15 is 0 Å². The van der Waals surface area contributed by atoms with Crippen LogP contribution >= 0.6 is 0 Å². The number of carbonyl (C=O) groups excluding carboxylic acids is 2. The molecule has 0 radical (unpaired) electrons. The number of likely N-dealkylation sites (tertiary alicyclic amines) is 1. The molecule has 1 N–H and O–H groups in total. The highest BCUT2D eigenvalue weighted by atomic mass is 19.1. The first-order chi connectivity index (χ1) is 12.5. The summed E-state index contributed by atoms with van der Waals surface area (Å²) in [5.74, 6) is -0.875. The van der Waals surface area contributed by atoms with Gasteiger partial charge in [-0.05, 0) is 24.5 Å². The Bertz CT molecular complexity index is 857. The standard InChI is InChI=1S/C18H20FN5O2/c1-23-11-12(9-21-23)14-8-16(25)22-18(14)3-6-24(7-4-18)17(26)13-2-5-20-10-15(13)19/h2,5,9-11,14H,3-4,6-8H2,1H3,(H,22,25)/t14-/m1/s1. The van der Waals surface area contributed by atoms with E-state index in [-0.39, 0.29) is 28.8 Å². The van der Waals surface area contributed by atoms with Crippen molar-refractivity contribution in [3.8, 4) is 0 Å². The second-order valence-corrected chi connectivity index (χ2v) is 7.06. The Morgan fingerprint density at radius 1 is 1.35 bits per heavy atom. The van der Waals surface area contributed by atoms with Crippen molar-refractivity contribution in [3.63, 3.8) is 0 Å². The molecule has 0 bridgehead atoms. The van der Waals surface area contributed by atoms with Gasteiger partial charge in [-0.3, -0.25) is 19.3 Å². The summed E-state index contributed by atoms with van der Waals surface area (Å²) in [5.41, 5.74) is 0.703. The van der Waals surface area contributed by atoms with Crippen molar-refractivity contribution in [2.45, 2.75) is 30.7 Å². The van der Waals surface area contributed by atoms with Crippen molar-refractivity contribution in [3.05, 3.63) is 47.8 Å². The summed E-state index contributed by atoms with van der Waals surface area (Å²) in [6.07, 6.45) is 7.91. The molecule has 2 amide bonds. The van der Waals surface area contributed by atoms with Gasteiger partial charge in [-0.1, -0.05) is 0 Å². The number of amides is 2. The number of carbonyl (C=O) groups is 2. The molecular weight excluding hydrogens is 337 g/mol. The van der Waals surface area contributed by atoms with Gasteiger partial charge >= 0.3 is 0 Å². The first-order valence-electron chi connectivity index (χ1n) is 8.67. The van der Waals surface area contributed by atoms with Gasteiger partial charge in [0.15, 0.2) is 5.82 Å². The minimum Gasteiger partial charge on any atom is -0.350 e. The molecule has 1 atom stereocenters. The molecule has 0 aromatic carbocycles. The van der Waals surface area contributed by atoms with Crippen LogP contribution in [0.15, 0.2) is 30.9 Å². The molecule has 7 nitrogen and oxygen atoms in total. The Kier molecular flexibility index (Phi) is 3.97. The van der Waals surface area contributed by atoms with Crippen LogP contribution in [-0.4, -0.2) is 50.1 Å². The fourth-order valence-electron chi connectivity index (χ4n) is 4.15. The van der Waals surface area contributed by atoms with Crippen molar-refractivity contribution in [1.29, 1.82) is 0 Å². The first kappa shape index (κ1) is 16.7. The summed E-state index contributed by atoms with van der Waals surface area (Å²) >= 11 is 0. The van der Waals surface area contributed by atoms with E-state index in [4.69, 9.17) is 0 Å². The third-order valence-corrected chi connectivity index (χ3v) is 5.52. The normalized spacial score (nSPS) is 21.8. The van der Waals surface area contributed by atoms with E-state index in [1.165, 1.54) is 12.3 Å². The van der Waals surface area contributed by atoms with Crippen LogP contribution in [0.25, 0.3) is 0 Å². The van der Waals surface area contributed by atoms with E-state index in [0.29, 0.717) is 32.4 Å². The highest BCUT2D eigenvalue weighted by Crippen LogP contribution is 2.43. The van der Waals surface area contributed by atoms with Crippen molar-refractivity contribution >= 4 is 11.8 Å². The summed E-state index contributed by atoms with van der Waals surface area (Å²) in [6.45, 7) is 0.940. The monoisotopic (exact) mass is 357 g/mol. The van der Waals surface area contributed by atoms with Gasteiger partial charge in [-0.2, -0.15) is 5.10 Å². The van der Waals surface area contributed by atoms with Gasteiger partial charge in [0, 0.05) is 44.9 Å². The zero-order valence-corrected chi connectivity index (χ0v) is 14.5. The summed E-state index contributed by atoms with van der Waals surface area (Å²) in [5, 5.41) is 7.36. The van der Waals surface area contributed by atoms with Gasteiger partial charge < -0.3 is 10.2 Å². The Labute approximate surface area is 150 Å². The molecule has 0 aliphatic carbocycles. The molecule has 2 aliphatic heterocycles. The fourth-order valence-corrected chi connectivity index (χ4v) is 4.15. The lowest BCUT2D eigenvalue weighted by molar-refractivity contribution is -0.120. The van der Waals surface area contributed by atoms with Crippen LogP contribution in [-0.2, 0) is 11.8 Å². The number of halogens is 1. The van der Waals surface area contributed by atoms with Crippen LogP contribution in [0, 0.1) is 5.82 Å². The summed E-state index contributed by atoms with van der Waals surface area (Å²) < 4.78 is 15.6. The van der Waals surface area contributed by atoms with Crippen molar-refractivity contribution < 1.29 is 14.0 Å². The van der Waals surface area contributed by atoms with Crippen LogP contribution in [0.5, 0.6) is 0 Å². The third kappa shape index (κ3) is 2.75. The summed E-state index contributed by atoms with van der Waals surface area (Å²) in [4.78, 5) is 30.0. The van der Waals surface area contributed by atoms with Crippen LogP contribution < -0.4 is 5.32 Å². The molecule has 4 heterocycles. The summed E-state index contributed by atoms with van der Waals surface area (Å²) in [7, 11) is 1.85. The molecule has 4 rings (SSSR count). The van der Waals surface area contributed by atoms with Crippen LogP contribution in [0.3, 0.4) is 0 Å². The van der Waals surface area contributed by atoms with E-state index in [9.17, 15) is 14.0 Å². The van der Waals surface area contributed by atoms with Gasteiger partial charge in [-0.25, -0.2) is 4.39 Å². The molecule has 2 aromatic rings. The molecule has 0 unspecified atom stereocenters. The Balaban J connectivity index is 1.52. The van der Waals surface area contributed by atoms with Gasteiger partial charge in [0.25, 0.3) is 5.91 Å². The van der Waals surface area contributed by atoms with Crippen LogP contribution in [0.1, 0.15) is 41.1 Å². The lowest BCUT2D eigenvalue weighted by atomic mass is 9.75. The number of hydrogen-bond donors (Lipinski definition) is 1. The number of aryl methyl sites for hydroxylation is 1. The van der Waals surface area contributed by atoms with Gasteiger partial charge in [0.1, 0.15) is 0 Å². The maximum atomic E-state index is 13.9. The average Bonchev–Trinajstić information content (AvgIpc) is 3.19. The van der Waals surface area contributed by atoms with E-state index in [1.54, 1.807) is 15.8 Å². The molecule has 8 heteroatoms. The Morgan fingerprint density at radius 3 is 2.77 bits per heavy atom. The minimum atomic E-state index is -0.611. The lowest BCUT2D eigenvalue weighted by Gasteiger charge is -2.42. The largest absolute Gasteiger partial charge is 0.350 e. The number of piperidine rings is 1. The quantitative estimate of drug-likeness (QED) is 0.877. The lowest BCUT2D eigenvalue weighted by Crippen LogP contribution is -2.54. The first-order valence-corrected chi connectivity index (χ1v) is 8.67. The summed E-state index contributed by atoms with van der Waals surface area (Å²) in [6, 6.07) is 1.40. The van der Waals surface area contributed by atoms with Gasteiger partial charge in [0.05, 0.1) is 23.5 Å². The molecule has 1 spiro atoms. The topological polar surface area (TPSA) is 80.1 Å². The minimum absolute atomic E-state index is 0.0267. The van der Waals surface area contributed by atoms with Gasteiger partial charge in [-0.15, -0.1) is 0 Å². The third-order valence-electron chi connectivity index (χ3n) is 5.52. The number of pyridine rings is 1. The van der Waals surface area contributed by atoms with Gasteiger partial charge in [0.2, 0.25) is 5.91 Å². The van der Waals surface area contributed by atoms with E-state index in [1.807, 2.05) is 13.2 Å². The van der Waals surface area contributed by atoms with Crippen molar-refractivity contribution in [2.75, 3.05) is 13.1 Å². The maximum Gasteiger partial charge on any atom is 0.256 e. The number of rotatable bonds is 2. The average molecular weight is 357 g/mol. The van der Waals surface area contributed by atoms with E-state index < -0.39 is 5.82 Å². The molecular formula is C18H20FN5O2. The fraction of sp³-hybridized carbons (Fsp3) is 0.444. The smallest absolute Gasteiger partial charge is 0.256 e.